The molecule has 0 aliphatic rings. The van der Waals surface area contributed by atoms with Crippen LogP contribution in [0.15, 0.2) is 12.1 Å². The molecule has 0 spiro atoms. The summed E-state index contributed by atoms with van der Waals surface area (Å²) in [4.78, 5) is 11.0. The van der Waals surface area contributed by atoms with Crippen molar-refractivity contribution in [2.75, 3.05) is 7.11 Å². The Labute approximate surface area is 93.0 Å². The first-order chi connectivity index (χ1) is 7.08. The van der Waals surface area contributed by atoms with Gasteiger partial charge >= 0.3 is 5.97 Å². The van der Waals surface area contributed by atoms with Gasteiger partial charge in [-0.1, -0.05) is 6.07 Å². The number of ether oxygens (including phenoxy) is 1. The fourth-order valence-electron chi connectivity index (χ4n) is 1.30. The average Bonchev–Trinajstić information content (AvgIpc) is 2.22. The number of halogens is 2. The zero-order valence-electron chi connectivity index (χ0n) is 8.64. The van der Waals surface area contributed by atoms with Gasteiger partial charge in [-0.3, -0.25) is 4.79 Å². The van der Waals surface area contributed by atoms with Crippen molar-refractivity contribution in [3.8, 4) is 0 Å². The molecule has 0 saturated heterocycles. The van der Waals surface area contributed by atoms with Crippen LogP contribution >= 0.6 is 11.6 Å². The largest absolute Gasteiger partial charge is 0.469 e. The first-order valence-corrected chi connectivity index (χ1v) is 5.02. The van der Waals surface area contributed by atoms with Crippen molar-refractivity contribution in [2.45, 2.75) is 19.2 Å². The maximum Gasteiger partial charge on any atom is 0.309 e. The van der Waals surface area contributed by atoms with E-state index >= 15 is 0 Å². The lowest BCUT2D eigenvalue weighted by Crippen LogP contribution is -2.07. The summed E-state index contributed by atoms with van der Waals surface area (Å²) >= 11 is 5.56. The molecule has 1 rings (SSSR count). The fourth-order valence-corrected chi connectivity index (χ4v) is 1.51. The molecule has 0 amide bonds. The van der Waals surface area contributed by atoms with Gasteiger partial charge in [0.15, 0.2) is 0 Å². The van der Waals surface area contributed by atoms with Crippen LogP contribution in [0.2, 0.25) is 0 Å². The molecule has 0 N–H and O–H groups in total. The van der Waals surface area contributed by atoms with Crippen LogP contribution in [0.3, 0.4) is 0 Å². The molecule has 15 heavy (non-hydrogen) atoms. The van der Waals surface area contributed by atoms with E-state index in [0.29, 0.717) is 11.1 Å². The van der Waals surface area contributed by atoms with Crippen molar-refractivity contribution in [2.24, 2.45) is 0 Å². The topological polar surface area (TPSA) is 26.3 Å². The number of rotatable bonds is 3. The van der Waals surface area contributed by atoms with Crippen LogP contribution in [0.1, 0.15) is 16.7 Å². The van der Waals surface area contributed by atoms with E-state index in [1.54, 1.807) is 6.07 Å². The molecule has 1 aromatic rings. The van der Waals surface area contributed by atoms with E-state index in [1.165, 1.54) is 13.2 Å². The van der Waals surface area contributed by atoms with Crippen molar-refractivity contribution < 1.29 is 13.9 Å². The second kappa shape index (κ2) is 5.12. The first kappa shape index (κ1) is 12.0. The SMILES string of the molecule is COC(=O)Cc1cc(F)c(CCl)cc1C. The normalized spacial score (nSPS) is 10.1. The smallest absolute Gasteiger partial charge is 0.309 e. The van der Waals surface area contributed by atoms with Crippen LogP contribution in [-0.4, -0.2) is 13.1 Å². The number of carbonyl (C=O) groups is 1. The van der Waals surface area contributed by atoms with Gasteiger partial charge < -0.3 is 4.74 Å². The third-order valence-electron chi connectivity index (χ3n) is 2.21. The molecule has 0 heterocycles. The highest BCUT2D eigenvalue weighted by atomic mass is 35.5. The summed E-state index contributed by atoms with van der Waals surface area (Å²) in [7, 11) is 1.31. The molecule has 4 heteroatoms. The van der Waals surface area contributed by atoms with E-state index in [1.807, 2.05) is 6.92 Å². The predicted octanol–water partition coefficient (Wildman–Crippen LogP) is 2.59. The Morgan fingerprint density at radius 2 is 2.13 bits per heavy atom. The lowest BCUT2D eigenvalue weighted by molar-refractivity contribution is -0.139. The third kappa shape index (κ3) is 2.93. The highest BCUT2D eigenvalue weighted by molar-refractivity contribution is 6.17. The molecular formula is C11H12ClFO2. The molecule has 82 valence electrons. The maximum absolute atomic E-state index is 13.3. The van der Waals surface area contributed by atoms with E-state index in [-0.39, 0.29) is 24.1 Å². The Kier molecular flexibility index (Phi) is 4.09. The van der Waals surface area contributed by atoms with Gasteiger partial charge in [0.2, 0.25) is 0 Å². The number of hydrogen-bond donors (Lipinski definition) is 0. The number of carbonyl (C=O) groups excluding carboxylic acids is 1. The summed E-state index contributed by atoms with van der Waals surface area (Å²) in [6, 6.07) is 2.99. The summed E-state index contributed by atoms with van der Waals surface area (Å²) in [6.07, 6.45) is 0.0851. The van der Waals surface area contributed by atoms with E-state index in [4.69, 9.17) is 11.6 Å². The Morgan fingerprint density at radius 1 is 1.47 bits per heavy atom. The molecule has 0 aliphatic carbocycles. The van der Waals surface area contributed by atoms with Crippen LogP contribution in [-0.2, 0) is 21.8 Å². The van der Waals surface area contributed by atoms with Crippen LogP contribution < -0.4 is 0 Å². The van der Waals surface area contributed by atoms with Crippen molar-refractivity contribution in [1.82, 2.24) is 0 Å². The van der Waals surface area contributed by atoms with Crippen LogP contribution in [0.4, 0.5) is 4.39 Å². The van der Waals surface area contributed by atoms with E-state index in [9.17, 15) is 9.18 Å². The molecule has 0 atom stereocenters. The van der Waals surface area contributed by atoms with Gasteiger partial charge in [0.1, 0.15) is 5.82 Å². The Hall–Kier alpha value is -1.09. The van der Waals surface area contributed by atoms with E-state index in [2.05, 4.69) is 4.74 Å². The molecule has 0 aromatic heterocycles. The van der Waals surface area contributed by atoms with Gasteiger partial charge in [-0.2, -0.15) is 0 Å². The van der Waals surface area contributed by atoms with Crippen molar-refractivity contribution in [3.05, 3.63) is 34.6 Å². The van der Waals surface area contributed by atoms with Gasteiger partial charge in [-0.05, 0) is 24.1 Å². The first-order valence-electron chi connectivity index (χ1n) is 4.49. The number of benzene rings is 1. The third-order valence-corrected chi connectivity index (χ3v) is 2.50. The van der Waals surface area contributed by atoms with Gasteiger partial charge in [-0.15, -0.1) is 11.6 Å². The van der Waals surface area contributed by atoms with Crippen LogP contribution in [0.25, 0.3) is 0 Å². The number of esters is 1. The van der Waals surface area contributed by atoms with Gasteiger partial charge in [0, 0.05) is 5.56 Å². The predicted molar refractivity (Wildman–Crippen MR) is 56.4 cm³/mol. The standard InChI is InChI=1S/C11H12ClFO2/c1-7-3-9(6-12)10(13)4-8(7)5-11(14)15-2/h3-4H,5-6H2,1-2H3. The molecule has 0 unspecified atom stereocenters. The van der Waals surface area contributed by atoms with E-state index < -0.39 is 0 Å². The average molecular weight is 231 g/mol. The van der Waals surface area contributed by atoms with Crippen molar-refractivity contribution in [3.63, 3.8) is 0 Å². The van der Waals surface area contributed by atoms with Crippen LogP contribution in [0.5, 0.6) is 0 Å². The molecule has 0 saturated carbocycles. The highest BCUT2D eigenvalue weighted by Crippen LogP contribution is 2.17. The molecule has 0 radical (unpaired) electrons. The van der Waals surface area contributed by atoms with Crippen LogP contribution in [0, 0.1) is 12.7 Å². The Bertz CT molecular complexity index is 377. The number of hydrogen-bond acceptors (Lipinski definition) is 2. The lowest BCUT2D eigenvalue weighted by Gasteiger charge is -2.07. The minimum atomic E-state index is -0.380. The van der Waals surface area contributed by atoms with Gasteiger partial charge in [-0.25, -0.2) is 4.39 Å². The Morgan fingerprint density at radius 3 is 2.67 bits per heavy atom. The van der Waals surface area contributed by atoms with Gasteiger partial charge in [0.25, 0.3) is 0 Å². The molecule has 0 fully saturated rings. The monoisotopic (exact) mass is 230 g/mol. The van der Waals surface area contributed by atoms with Crippen molar-refractivity contribution in [1.29, 1.82) is 0 Å². The second-order valence-electron chi connectivity index (χ2n) is 3.26. The van der Waals surface area contributed by atoms with Gasteiger partial charge in [0.05, 0.1) is 19.4 Å². The second-order valence-corrected chi connectivity index (χ2v) is 3.52. The maximum atomic E-state index is 13.3. The quantitative estimate of drug-likeness (QED) is 0.589. The summed E-state index contributed by atoms with van der Waals surface area (Å²) in [6.45, 7) is 1.81. The van der Waals surface area contributed by atoms with E-state index in [0.717, 1.165) is 5.56 Å². The fraction of sp³-hybridized carbons (Fsp3) is 0.364. The lowest BCUT2D eigenvalue weighted by atomic mass is 10.0. The molecular weight excluding hydrogens is 219 g/mol. The molecule has 1 aromatic carbocycles. The zero-order chi connectivity index (χ0) is 11.4. The minimum absolute atomic E-state index is 0.0851. The molecule has 0 aliphatic heterocycles. The summed E-state index contributed by atoms with van der Waals surface area (Å²) in [5, 5.41) is 0. The summed E-state index contributed by atoms with van der Waals surface area (Å²) in [5.74, 6) is -0.629. The number of methoxy groups -OCH3 is 1. The highest BCUT2D eigenvalue weighted by Gasteiger charge is 2.10. The number of aryl methyl sites for hydroxylation is 1. The minimum Gasteiger partial charge on any atom is -0.469 e. The van der Waals surface area contributed by atoms with Crippen molar-refractivity contribution >= 4 is 17.6 Å². The summed E-state index contributed by atoms with van der Waals surface area (Å²) < 4.78 is 17.9. The molecule has 0 bridgehead atoms. The summed E-state index contributed by atoms with van der Waals surface area (Å²) in [5.41, 5.74) is 1.92. The Balaban J connectivity index is 3.00. The molecule has 2 nitrogen and oxygen atoms in total. The number of alkyl halides is 1. The zero-order valence-corrected chi connectivity index (χ0v) is 9.40.